The maximum atomic E-state index is 13.3. The van der Waals surface area contributed by atoms with Gasteiger partial charge in [-0.2, -0.15) is 0 Å². The number of fused-ring (bicyclic) bond motifs is 1. The highest BCUT2D eigenvalue weighted by Gasteiger charge is 2.28. The first-order valence-corrected chi connectivity index (χ1v) is 11.6. The molecule has 10 nitrogen and oxygen atoms in total. The van der Waals surface area contributed by atoms with Crippen LogP contribution in [0.5, 0.6) is 0 Å². The van der Waals surface area contributed by atoms with Gasteiger partial charge in [-0.1, -0.05) is 11.6 Å². The van der Waals surface area contributed by atoms with Crippen molar-refractivity contribution in [3.63, 3.8) is 0 Å². The highest BCUT2D eigenvalue weighted by molar-refractivity contribution is 7.85. The fourth-order valence-electron chi connectivity index (χ4n) is 3.66. The molecule has 12 heteroatoms. The Morgan fingerprint density at radius 2 is 1.80 bits per heavy atom. The number of benzene rings is 2. The molecule has 0 aliphatic heterocycles. The second-order valence-corrected chi connectivity index (χ2v) is 9.46. The molecule has 2 aromatic heterocycles. The smallest absolute Gasteiger partial charge is 0.329 e. The lowest BCUT2D eigenvalue weighted by Gasteiger charge is -2.15. The van der Waals surface area contributed by atoms with Gasteiger partial charge in [-0.15, -0.1) is 0 Å². The van der Waals surface area contributed by atoms with Crippen molar-refractivity contribution in [2.24, 2.45) is 0 Å². The first-order chi connectivity index (χ1) is 16.7. The molecule has 0 radical (unpaired) electrons. The van der Waals surface area contributed by atoms with Gasteiger partial charge in [0.05, 0.1) is 34.4 Å². The van der Waals surface area contributed by atoms with Gasteiger partial charge in [0, 0.05) is 21.2 Å². The van der Waals surface area contributed by atoms with E-state index in [9.17, 15) is 28.5 Å². The van der Waals surface area contributed by atoms with Gasteiger partial charge in [-0.3, -0.25) is 9.59 Å². The van der Waals surface area contributed by atoms with Gasteiger partial charge in [-0.05, 0) is 54.1 Å². The van der Waals surface area contributed by atoms with Crippen LogP contribution < -0.4 is 11.2 Å². The molecule has 0 amide bonds. The fourth-order valence-corrected chi connectivity index (χ4v) is 4.91. The highest BCUT2D eigenvalue weighted by Crippen LogP contribution is 2.26. The van der Waals surface area contributed by atoms with Crippen molar-refractivity contribution in [3.05, 3.63) is 92.0 Å². The van der Waals surface area contributed by atoms with Crippen LogP contribution in [0.2, 0.25) is 5.02 Å². The van der Waals surface area contributed by atoms with E-state index in [1.165, 1.54) is 12.3 Å². The second kappa shape index (κ2) is 9.72. The Labute approximate surface area is 203 Å². The minimum Gasteiger partial charge on any atom is -0.481 e. The quantitative estimate of drug-likeness (QED) is 0.322. The fraction of sp³-hybridized carbons (Fsp3) is 0.130. The Morgan fingerprint density at radius 1 is 1.09 bits per heavy atom. The van der Waals surface area contributed by atoms with Crippen LogP contribution in [0.25, 0.3) is 10.9 Å². The summed E-state index contributed by atoms with van der Waals surface area (Å²) in [7, 11) is -1.76. The standard InChI is InChI=1S/C23H17ClN2O8S/c24-13-3-5-15(6-4-13)35(33)16-9-12(8-14-2-1-7-34-14)20-17(10-16)21(29)26(23(32)25-20)18(22(30)31)11-19(27)28/h1-7,9-10,18H,8,11H2,(H,25,32)(H,27,28)(H,30,31). The summed E-state index contributed by atoms with van der Waals surface area (Å²) in [6.45, 7) is 0. The van der Waals surface area contributed by atoms with E-state index in [1.807, 2.05) is 0 Å². The van der Waals surface area contributed by atoms with Crippen LogP contribution in [-0.2, 0) is 26.8 Å². The van der Waals surface area contributed by atoms with Crippen molar-refractivity contribution in [2.75, 3.05) is 0 Å². The lowest BCUT2D eigenvalue weighted by atomic mass is 10.1. The van der Waals surface area contributed by atoms with E-state index in [2.05, 4.69) is 4.98 Å². The number of carbonyl (C=O) groups is 2. The van der Waals surface area contributed by atoms with Crippen molar-refractivity contribution in [1.82, 2.24) is 9.55 Å². The van der Waals surface area contributed by atoms with E-state index in [1.54, 1.807) is 42.5 Å². The molecular formula is C23H17ClN2O8S. The molecule has 2 heterocycles. The van der Waals surface area contributed by atoms with Gasteiger partial charge < -0.3 is 19.6 Å². The Kier molecular flexibility index (Phi) is 6.72. The van der Waals surface area contributed by atoms with Crippen molar-refractivity contribution < 1.29 is 28.4 Å². The summed E-state index contributed by atoms with van der Waals surface area (Å²) < 4.78 is 19.0. The van der Waals surface area contributed by atoms with Crippen LogP contribution in [0.1, 0.15) is 23.8 Å². The van der Waals surface area contributed by atoms with Crippen LogP contribution in [0.3, 0.4) is 0 Å². The van der Waals surface area contributed by atoms with Crippen molar-refractivity contribution in [1.29, 1.82) is 0 Å². The molecule has 4 aromatic rings. The van der Waals surface area contributed by atoms with Gasteiger partial charge in [0.25, 0.3) is 5.56 Å². The Bertz CT molecular complexity index is 1570. The Morgan fingerprint density at radius 3 is 2.40 bits per heavy atom. The van der Waals surface area contributed by atoms with E-state index >= 15 is 0 Å². The molecule has 2 aromatic carbocycles. The predicted molar refractivity (Wildman–Crippen MR) is 125 cm³/mol. The molecule has 180 valence electrons. The van der Waals surface area contributed by atoms with E-state index in [0.717, 1.165) is 0 Å². The SMILES string of the molecule is O=C(O)CC(C(=O)O)n1c(=O)[nH]c2c(Cc3ccco3)cc(S(=O)c3ccc(Cl)cc3)cc2c1=O. The molecule has 35 heavy (non-hydrogen) atoms. The topological polar surface area (TPSA) is 160 Å². The molecule has 2 atom stereocenters. The number of aliphatic carboxylic acids is 2. The van der Waals surface area contributed by atoms with E-state index < -0.39 is 46.4 Å². The number of carboxylic acids is 2. The first-order valence-electron chi connectivity index (χ1n) is 10.1. The molecule has 4 rings (SSSR count). The summed E-state index contributed by atoms with van der Waals surface area (Å²) in [6.07, 6.45) is 0.595. The summed E-state index contributed by atoms with van der Waals surface area (Å²) in [6, 6.07) is 10.5. The van der Waals surface area contributed by atoms with Gasteiger partial charge >= 0.3 is 17.6 Å². The van der Waals surface area contributed by atoms with Crippen molar-refractivity contribution in [3.8, 4) is 0 Å². The summed E-state index contributed by atoms with van der Waals surface area (Å²) in [4.78, 5) is 52.1. The summed E-state index contributed by atoms with van der Waals surface area (Å²) in [5, 5.41) is 18.9. The minimum atomic E-state index is -1.94. The summed E-state index contributed by atoms with van der Waals surface area (Å²) in [5.41, 5.74) is -1.60. The lowest BCUT2D eigenvalue weighted by Crippen LogP contribution is -2.42. The number of halogens is 1. The second-order valence-electron chi connectivity index (χ2n) is 7.54. The largest absolute Gasteiger partial charge is 0.481 e. The monoisotopic (exact) mass is 516 g/mol. The van der Waals surface area contributed by atoms with Crippen LogP contribution in [0.15, 0.2) is 78.6 Å². The molecule has 0 aliphatic carbocycles. The van der Waals surface area contributed by atoms with Crippen LogP contribution >= 0.6 is 11.6 Å². The number of aromatic amines is 1. The van der Waals surface area contributed by atoms with Gasteiger partial charge in [0.2, 0.25) is 0 Å². The normalized spacial score (nSPS) is 12.9. The highest BCUT2D eigenvalue weighted by atomic mass is 35.5. The average molecular weight is 517 g/mol. The minimum absolute atomic E-state index is 0.101. The molecule has 3 N–H and O–H groups in total. The number of furan rings is 1. The number of rotatable bonds is 8. The van der Waals surface area contributed by atoms with Crippen molar-refractivity contribution >= 4 is 45.2 Å². The lowest BCUT2D eigenvalue weighted by molar-refractivity contribution is -0.147. The number of carboxylic acid groups (broad SMARTS) is 2. The zero-order chi connectivity index (χ0) is 25.3. The van der Waals surface area contributed by atoms with Gasteiger partial charge in [-0.25, -0.2) is 18.4 Å². The van der Waals surface area contributed by atoms with Crippen molar-refractivity contribution in [2.45, 2.75) is 28.7 Å². The molecule has 0 saturated heterocycles. The zero-order valence-electron chi connectivity index (χ0n) is 17.8. The molecule has 0 spiro atoms. The molecule has 0 aliphatic rings. The van der Waals surface area contributed by atoms with E-state index in [-0.39, 0.29) is 22.2 Å². The average Bonchev–Trinajstić information content (AvgIpc) is 3.31. The molecule has 0 fully saturated rings. The number of nitrogens with one attached hydrogen (secondary N) is 1. The maximum absolute atomic E-state index is 13.3. The van der Waals surface area contributed by atoms with Crippen LogP contribution in [-0.4, -0.2) is 35.9 Å². The number of nitrogens with zero attached hydrogens (tertiary/aromatic N) is 1. The molecular weight excluding hydrogens is 500 g/mol. The van der Waals surface area contributed by atoms with Crippen LogP contribution in [0.4, 0.5) is 0 Å². The molecule has 0 saturated carbocycles. The number of aromatic nitrogens is 2. The maximum Gasteiger partial charge on any atom is 0.329 e. The van der Waals surface area contributed by atoms with Gasteiger partial charge in [0.1, 0.15) is 11.8 Å². The first kappa shape index (κ1) is 24.2. The predicted octanol–water partition coefficient (Wildman–Crippen LogP) is 2.79. The number of H-pyrrole nitrogens is 1. The summed E-state index contributed by atoms with van der Waals surface area (Å²) in [5.74, 6) is -2.66. The molecule has 0 bridgehead atoms. The van der Waals surface area contributed by atoms with E-state index in [4.69, 9.17) is 21.1 Å². The summed E-state index contributed by atoms with van der Waals surface area (Å²) >= 11 is 5.91. The molecule has 2 unspecified atom stereocenters. The van der Waals surface area contributed by atoms with Crippen LogP contribution in [0, 0.1) is 0 Å². The number of hydrogen-bond donors (Lipinski definition) is 3. The van der Waals surface area contributed by atoms with Gasteiger partial charge in [0.15, 0.2) is 0 Å². The third kappa shape index (κ3) is 4.96. The third-order valence-electron chi connectivity index (χ3n) is 5.24. The zero-order valence-corrected chi connectivity index (χ0v) is 19.3. The van der Waals surface area contributed by atoms with E-state index in [0.29, 0.717) is 25.8 Å². The third-order valence-corrected chi connectivity index (χ3v) is 6.86. The number of hydrogen-bond acceptors (Lipinski definition) is 6. The Hall–Kier alpha value is -3.96. The Balaban J connectivity index is 1.98.